The predicted octanol–water partition coefficient (Wildman–Crippen LogP) is 1.70. The maximum Gasteiger partial charge on any atom is 0.243 e. The number of nitrogens with two attached hydrogens (primary N) is 1. The Morgan fingerprint density at radius 2 is 1.68 bits per heavy atom. The number of likely N-dealkylation sites (N-methyl/N-ethyl adjacent to an activating group) is 1. The van der Waals surface area contributed by atoms with Crippen LogP contribution >= 0.6 is 0 Å². The van der Waals surface area contributed by atoms with E-state index < -0.39 is 12.1 Å². The molecule has 1 aromatic rings. The van der Waals surface area contributed by atoms with Crippen molar-refractivity contribution in [2.45, 2.75) is 88.9 Å². The third-order valence-electron chi connectivity index (χ3n) is 8.69. The van der Waals surface area contributed by atoms with E-state index in [1.807, 2.05) is 12.1 Å². The molecule has 1 saturated heterocycles. The van der Waals surface area contributed by atoms with E-state index in [2.05, 4.69) is 16.0 Å². The number of hydrogen-bond donors (Lipinski definition) is 5. The Balaban J connectivity index is 1.51. The van der Waals surface area contributed by atoms with Gasteiger partial charge >= 0.3 is 0 Å². The van der Waals surface area contributed by atoms with Crippen molar-refractivity contribution < 1.29 is 19.1 Å². The second kappa shape index (κ2) is 14.1. The van der Waals surface area contributed by atoms with Gasteiger partial charge in [-0.2, -0.15) is 0 Å². The summed E-state index contributed by atoms with van der Waals surface area (Å²) in [6.45, 7) is 3.38. The van der Waals surface area contributed by atoms with Gasteiger partial charge in [0.1, 0.15) is 17.9 Å². The molecule has 0 bridgehead atoms. The fraction of sp³-hybridized carbons (Fsp3) is 0.667. The lowest BCUT2D eigenvalue weighted by Gasteiger charge is -2.33. The van der Waals surface area contributed by atoms with E-state index in [-0.39, 0.29) is 48.0 Å². The molecule has 5 atom stereocenters. The lowest BCUT2D eigenvalue weighted by molar-refractivity contribution is -0.141. The molecule has 220 valence electrons. The number of nitrogen functional groups attached to an aromatic ring is 1. The number of carbonyl (C=O) groups excluding carboxylic acids is 3. The van der Waals surface area contributed by atoms with Gasteiger partial charge in [-0.3, -0.25) is 19.8 Å². The third kappa shape index (κ3) is 8.04. The van der Waals surface area contributed by atoms with E-state index in [1.165, 1.54) is 17.7 Å². The van der Waals surface area contributed by atoms with Crippen molar-refractivity contribution in [3.63, 3.8) is 0 Å². The first-order chi connectivity index (χ1) is 19.2. The Morgan fingerprint density at radius 3 is 2.38 bits per heavy atom. The van der Waals surface area contributed by atoms with Gasteiger partial charge in [0.25, 0.3) is 0 Å². The minimum Gasteiger partial charge on any atom is -0.384 e. The molecule has 1 aliphatic heterocycles. The standard InChI is InChI=1S/C30H46N6O4/c1-19-28(37)35-24(18-20-9-11-23(12-10-20)27(31)32)29(38)34-15-5-7-21-6-3-4-8-25(21)40-17-16-33-26(22-13-14-22)30(39)36(19)2/h9-12,19,21-22,24-26,33H,3-8,13-18H2,1-2H3,(H3,31,32)(H,34,38)(H,35,37)/t19-,21?,24-,25-,26?/m1/s1. The second-order valence-electron chi connectivity index (χ2n) is 11.7. The van der Waals surface area contributed by atoms with Crippen LogP contribution in [0.1, 0.15) is 69.4 Å². The van der Waals surface area contributed by atoms with Crippen LogP contribution in [0.4, 0.5) is 0 Å². The van der Waals surface area contributed by atoms with Crippen LogP contribution in [-0.4, -0.2) is 79.4 Å². The second-order valence-corrected chi connectivity index (χ2v) is 11.7. The Hall–Kier alpha value is -2.98. The summed E-state index contributed by atoms with van der Waals surface area (Å²) in [7, 11) is 1.65. The zero-order valence-corrected chi connectivity index (χ0v) is 23.9. The zero-order valence-electron chi connectivity index (χ0n) is 23.9. The van der Waals surface area contributed by atoms with Crippen molar-refractivity contribution in [2.75, 3.05) is 26.7 Å². The molecule has 10 heteroatoms. The average Bonchev–Trinajstić information content (AvgIpc) is 3.79. The summed E-state index contributed by atoms with van der Waals surface area (Å²) in [5, 5.41) is 17.0. The number of nitrogens with zero attached hydrogens (tertiary/aromatic N) is 1. The molecule has 0 aromatic heterocycles. The first kappa shape index (κ1) is 30.0. The summed E-state index contributed by atoms with van der Waals surface area (Å²) in [4.78, 5) is 41.6. The summed E-state index contributed by atoms with van der Waals surface area (Å²) in [6, 6.07) is 5.21. The number of benzene rings is 1. The number of nitrogens with one attached hydrogen (secondary N) is 4. The molecule has 0 radical (unpaired) electrons. The van der Waals surface area contributed by atoms with Crippen LogP contribution in [0.25, 0.3) is 0 Å². The van der Waals surface area contributed by atoms with E-state index in [9.17, 15) is 14.4 Å². The van der Waals surface area contributed by atoms with Gasteiger partial charge in [0, 0.05) is 32.1 Å². The van der Waals surface area contributed by atoms with E-state index in [0.717, 1.165) is 44.1 Å². The highest BCUT2D eigenvalue weighted by Gasteiger charge is 2.39. The van der Waals surface area contributed by atoms with Crippen LogP contribution in [0.3, 0.4) is 0 Å². The molecule has 2 unspecified atom stereocenters. The van der Waals surface area contributed by atoms with Gasteiger partial charge in [-0.1, -0.05) is 37.1 Å². The van der Waals surface area contributed by atoms with Crippen molar-refractivity contribution in [1.82, 2.24) is 20.9 Å². The molecule has 6 N–H and O–H groups in total. The van der Waals surface area contributed by atoms with Gasteiger partial charge in [0.2, 0.25) is 17.7 Å². The first-order valence-corrected chi connectivity index (χ1v) is 14.9. The number of amides is 3. The van der Waals surface area contributed by atoms with Crippen molar-refractivity contribution in [1.29, 1.82) is 5.41 Å². The van der Waals surface area contributed by atoms with Gasteiger partial charge in [-0.15, -0.1) is 0 Å². The monoisotopic (exact) mass is 554 g/mol. The molecular weight excluding hydrogens is 508 g/mol. The molecule has 40 heavy (non-hydrogen) atoms. The maximum atomic E-state index is 13.5. The molecule has 2 saturated carbocycles. The zero-order chi connectivity index (χ0) is 28.6. The van der Waals surface area contributed by atoms with Gasteiger partial charge in [-0.25, -0.2) is 0 Å². The summed E-state index contributed by atoms with van der Waals surface area (Å²) in [5.41, 5.74) is 7.01. The number of rotatable bonds is 4. The van der Waals surface area contributed by atoms with Crippen molar-refractivity contribution >= 4 is 23.6 Å². The Bertz CT molecular complexity index is 1040. The molecule has 0 spiro atoms. The minimum absolute atomic E-state index is 0.0278. The fourth-order valence-corrected chi connectivity index (χ4v) is 5.88. The SMILES string of the molecule is C[C@@H]1C(=O)N[C@H](Cc2ccc(C(=N)N)cc2)C(=O)NCCCC2CCCC[C@H]2OCCNC(C2CC2)C(=O)N1C. The Kier molecular flexibility index (Phi) is 10.6. The number of hydrogen-bond acceptors (Lipinski definition) is 6. The molecule has 4 rings (SSSR count). The molecule has 1 heterocycles. The van der Waals surface area contributed by atoms with E-state index >= 15 is 0 Å². The van der Waals surface area contributed by atoms with Gasteiger partial charge < -0.3 is 31.3 Å². The highest BCUT2D eigenvalue weighted by molar-refractivity contribution is 5.95. The van der Waals surface area contributed by atoms with Crippen LogP contribution in [-0.2, 0) is 25.5 Å². The summed E-state index contributed by atoms with van der Waals surface area (Å²) >= 11 is 0. The van der Waals surface area contributed by atoms with Gasteiger partial charge in [0.15, 0.2) is 0 Å². The van der Waals surface area contributed by atoms with Crippen LogP contribution < -0.4 is 21.7 Å². The van der Waals surface area contributed by atoms with E-state index in [0.29, 0.717) is 31.2 Å². The molecular formula is C30H46N6O4. The number of carbonyl (C=O) groups is 3. The van der Waals surface area contributed by atoms with Crippen LogP contribution in [0.15, 0.2) is 24.3 Å². The summed E-state index contributed by atoms with van der Waals surface area (Å²) < 4.78 is 6.31. The minimum atomic E-state index is -0.802. The third-order valence-corrected chi connectivity index (χ3v) is 8.69. The fourth-order valence-electron chi connectivity index (χ4n) is 5.88. The topological polar surface area (TPSA) is 150 Å². The van der Waals surface area contributed by atoms with Crippen molar-refractivity contribution in [2.24, 2.45) is 17.6 Å². The van der Waals surface area contributed by atoms with E-state index in [4.69, 9.17) is 15.9 Å². The average molecular weight is 555 g/mol. The number of ether oxygens (including phenoxy) is 1. The molecule has 10 nitrogen and oxygen atoms in total. The molecule has 3 amide bonds. The predicted molar refractivity (Wildman–Crippen MR) is 154 cm³/mol. The van der Waals surface area contributed by atoms with Gasteiger partial charge in [0.05, 0.1) is 18.8 Å². The Labute approximate surface area is 237 Å². The molecule has 3 fully saturated rings. The maximum absolute atomic E-state index is 13.5. The van der Waals surface area contributed by atoms with Gasteiger partial charge in [-0.05, 0) is 62.8 Å². The number of amidine groups is 1. The first-order valence-electron chi connectivity index (χ1n) is 14.9. The van der Waals surface area contributed by atoms with Crippen molar-refractivity contribution in [3.05, 3.63) is 35.4 Å². The smallest absolute Gasteiger partial charge is 0.243 e. The normalized spacial score (nSPS) is 29.9. The molecule has 3 aliphatic rings. The summed E-state index contributed by atoms with van der Waals surface area (Å²) in [5.74, 6) is -0.0226. The summed E-state index contributed by atoms with van der Waals surface area (Å²) in [6.07, 6.45) is 8.87. The number of fused-ring (bicyclic) bond motifs is 1. The van der Waals surface area contributed by atoms with Crippen LogP contribution in [0.2, 0.25) is 0 Å². The van der Waals surface area contributed by atoms with E-state index in [1.54, 1.807) is 26.1 Å². The van der Waals surface area contributed by atoms with Crippen LogP contribution in [0, 0.1) is 17.2 Å². The Morgan fingerprint density at radius 1 is 0.975 bits per heavy atom. The lowest BCUT2D eigenvalue weighted by Crippen LogP contribution is -2.56. The van der Waals surface area contributed by atoms with Crippen molar-refractivity contribution in [3.8, 4) is 0 Å². The molecule has 2 aliphatic carbocycles. The highest BCUT2D eigenvalue weighted by atomic mass is 16.5. The van der Waals surface area contributed by atoms with Crippen LogP contribution in [0.5, 0.6) is 0 Å². The lowest BCUT2D eigenvalue weighted by atomic mass is 9.83. The highest BCUT2D eigenvalue weighted by Crippen LogP contribution is 2.34. The quantitative estimate of drug-likeness (QED) is 0.282. The largest absolute Gasteiger partial charge is 0.384 e. The molecule has 1 aromatic carbocycles.